The van der Waals surface area contributed by atoms with Gasteiger partial charge in [-0.2, -0.15) is 26.3 Å². The second-order valence-corrected chi connectivity index (χ2v) is 8.22. The van der Waals surface area contributed by atoms with E-state index in [4.69, 9.17) is 19.8 Å². The first kappa shape index (κ1) is 28.8. The van der Waals surface area contributed by atoms with E-state index in [1.54, 1.807) is 11.3 Å². The van der Waals surface area contributed by atoms with Crippen molar-refractivity contribution in [3.8, 4) is 10.6 Å². The Balaban J connectivity index is 0.000000271. The molecule has 3 aromatic rings. The van der Waals surface area contributed by atoms with Gasteiger partial charge in [0, 0.05) is 25.3 Å². The lowest BCUT2D eigenvalue weighted by atomic mass is 10.2. The number of hydrogen-bond donors (Lipinski definition) is 2. The van der Waals surface area contributed by atoms with E-state index < -0.39 is 24.3 Å². The fourth-order valence-corrected chi connectivity index (χ4v) is 3.73. The topological polar surface area (TPSA) is 109 Å². The predicted molar refractivity (Wildman–Crippen MR) is 116 cm³/mol. The monoisotopic (exact) mass is 538 g/mol. The molecular formula is C21H20F6N4O4S. The van der Waals surface area contributed by atoms with Gasteiger partial charge in [-0.05, 0) is 30.5 Å². The number of carboxylic acid groups (broad SMARTS) is 2. The van der Waals surface area contributed by atoms with Gasteiger partial charge in [0.2, 0.25) is 0 Å². The van der Waals surface area contributed by atoms with Crippen molar-refractivity contribution in [2.45, 2.75) is 38.9 Å². The van der Waals surface area contributed by atoms with Crippen LogP contribution in [-0.2, 0) is 29.2 Å². The van der Waals surface area contributed by atoms with Crippen LogP contribution < -0.4 is 0 Å². The second-order valence-electron chi connectivity index (χ2n) is 7.28. The molecule has 196 valence electrons. The molecule has 1 aliphatic rings. The smallest absolute Gasteiger partial charge is 0.475 e. The first-order valence-electron chi connectivity index (χ1n) is 10.0. The van der Waals surface area contributed by atoms with E-state index in [9.17, 15) is 26.3 Å². The number of rotatable bonds is 3. The van der Waals surface area contributed by atoms with E-state index in [2.05, 4.69) is 49.1 Å². The molecule has 1 aliphatic heterocycles. The molecule has 0 saturated carbocycles. The highest BCUT2D eigenvalue weighted by Gasteiger charge is 2.38. The molecule has 4 heterocycles. The van der Waals surface area contributed by atoms with Crippen molar-refractivity contribution in [3.05, 3.63) is 59.1 Å². The van der Waals surface area contributed by atoms with Crippen LogP contribution in [0.15, 0.2) is 41.9 Å². The molecule has 0 fully saturated rings. The zero-order valence-corrected chi connectivity index (χ0v) is 19.4. The summed E-state index contributed by atoms with van der Waals surface area (Å²) in [6, 6.07) is 10.5. The van der Waals surface area contributed by atoms with Gasteiger partial charge < -0.3 is 14.8 Å². The van der Waals surface area contributed by atoms with E-state index in [0.29, 0.717) is 0 Å². The molecule has 0 atom stereocenters. The highest BCUT2D eigenvalue weighted by Crippen LogP contribution is 2.28. The van der Waals surface area contributed by atoms with Gasteiger partial charge in [-0.1, -0.05) is 12.1 Å². The van der Waals surface area contributed by atoms with Gasteiger partial charge in [0.05, 0.1) is 29.0 Å². The van der Waals surface area contributed by atoms with Crippen molar-refractivity contribution in [3.63, 3.8) is 0 Å². The number of thiophene rings is 1. The summed E-state index contributed by atoms with van der Waals surface area (Å²) in [6.07, 6.45) is -8.16. The molecule has 3 aromatic heterocycles. The van der Waals surface area contributed by atoms with Crippen molar-refractivity contribution in [1.29, 1.82) is 0 Å². The fourth-order valence-electron chi connectivity index (χ4n) is 2.98. The fraction of sp³-hybridized carbons (Fsp3) is 0.333. The standard InChI is InChI=1S/C17H18N4S.2C2HF3O2/c1-13-4-2-5-14(19-13)11-20-7-8-21-15(10-18-17(21)12-20)16-6-3-9-22-16;2*3-2(4,5)1(6)7/h2-6,9-10H,7-8,11-12H2,1H3;2*(H,6,7). The average Bonchev–Trinajstić information content (AvgIpc) is 3.42. The van der Waals surface area contributed by atoms with Crippen LogP contribution in [0.4, 0.5) is 26.3 Å². The quantitative estimate of drug-likeness (QED) is 0.470. The number of carbonyl (C=O) groups is 2. The molecule has 0 radical (unpaired) electrons. The molecule has 0 bridgehead atoms. The molecular weight excluding hydrogens is 518 g/mol. The maximum Gasteiger partial charge on any atom is 0.490 e. The number of imidazole rings is 1. The van der Waals surface area contributed by atoms with E-state index in [1.807, 2.05) is 19.2 Å². The Kier molecular flexibility index (Phi) is 9.58. The number of alkyl halides is 6. The average molecular weight is 538 g/mol. The maximum absolute atomic E-state index is 10.6. The largest absolute Gasteiger partial charge is 0.490 e. The minimum atomic E-state index is -5.08. The summed E-state index contributed by atoms with van der Waals surface area (Å²) in [4.78, 5) is 30.7. The summed E-state index contributed by atoms with van der Waals surface area (Å²) in [5, 5.41) is 16.4. The van der Waals surface area contributed by atoms with Crippen LogP contribution in [0.5, 0.6) is 0 Å². The zero-order valence-electron chi connectivity index (χ0n) is 18.5. The van der Waals surface area contributed by atoms with Gasteiger partial charge in [-0.3, -0.25) is 9.88 Å². The van der Waals surface area contributed by atoms with E-state index in [-0.39, 0.29) is 0 Å². The maximum atomic E-state index is 10.6. The van der Waals surface area contributed by atoms with Crippen LogP contribution in [0.2, 0.25) is 0 Å². The van der Waals surface area contributed by atoms with Crippen molar-refractivity contribution in [2.24, 2.45) is 0 Å². The van der Waals surface area contributed by atoms with Crippen molar-refractivity contribution in [2.75, 3.05) is 6.54 Å². The molecule has 0 spiro atoms. The normalized spacial score (nSPS) is 13.5. The Labute approximate surface area is 204 Å². The zero-order chi connectivity index (χ0) is 27.1. The minimum absolute atomic E-state index is 0.890. The van der Waals surface area contributed by atoms with Gasteiger partial charge in [-0.25, -0.2) is 14.6 Å². The van der Waals surface area contributed by atoms with Crippen LogP contribution >= 0.6 is 11.3 Å². The highest BCUT2D eigenvalue weighted by atomic mass is 32.1. The lowest BCUT2D eigenvalue weighted by molar-refractivity contribution is -0.193. The van der Waals surface area contributed by atoms with Gasteiger partial charge in [0.15, 0.2) is 0 Å². The third-order valence-electron chi connectivity index (χ3n) is 4.53. The second kappa shape index (κ2) is 12.0. The number of carboxylic acids is 2. The van der Waals surface area contributed by atoms with Gasteiger partial charge in [0.25, 0.3) is 0 Å². The van der Waals surface area contributed by atoms with Crippen molar-refractivity contribution < 1.29 is 46.1 Å². The lowest BCUT2D eigenvalue weighted by Gasteiger charge is -2.28. The molecule has 4 rings (SSSR count). The number of aryl methyl sites for hydroxylation is 1. The Morgan fingerprint density at radius 2 is 1.61 bits per heavy atom. The lowest BCUT2D eigenvalue weighted by Crippen LogP contribution is -2.33. The predicted octanol–water partition coefficient (Wildman–Crippen LogP) is 4.60. The van der Waals surface area contributed by atoms with Crippen LogP contribution in [0.25, 0.3) is 10.6 Å². The molecule has 15 heteroatoms. The third kappa shape index (κ3) is 8.64. The summed E-state index contributed by atoms with van der Waals surface area (Å²) < 4.78 is 65.8. The molecule has 0 aliphatic carbocycles. The van der Waals surface area contributed by atoms with Crippen LogP contribution in [0.1, 0.15) is 17.2 Å². The van der Waals surface area contributed by atoms with E-state index in [1.165, 1.54) is 10.6 Å². The van der Waals surface area contributed by atoms with E-state index in [0.717, 1.165) is 43.4 Å². The molecule has 0 aromatic carbocycles. The highest BCUT2D eigenvalue weighted by molar-refractivity contribution is 7.13. The molecule has 0 amide bonds. The van der Waals surface area contributed by atoms with Gasteiger partial charge in [-0.15, -0.1) is 11.3 Å². The number of hydrogen-bond acceptors (Lipinski definition) is 6. The molecule has 2 N–H and O–H groups in total. The van der Waals surface area contributed by atoms with Crippen LogP contribution in [0, 0.1) is 6.92 Å². The Hall–Kier alpha value is -3.46. The summed E-state index contributed by atoms with van der Waals surface area (Å²) in [5.41, 5.74) is 3.47. The number of fused-ring (bicyclic) bond motifs is 1. The van der Waals surface area contributed by atoms with Gasteiger partial charge >= 0.3 is 24.3 Å². The summed E-state index contributed by atoms with van der Waals surface area (Å²) in [6.45, 7) is 5.86. The van der Waals surface area contributed by atoms with Gasteiger partial charge in [0.1, 0.15) is 5.82 Å². The molecule has 36 heavy (non-hydrogen) atoms. The third-order valence-corrected chi connectivity index (χ3v) is 5.43. The summed E-state index contributed by atoms with van der Waals surface area (Å²) in [5.74, 6) is -4.36. The number of halogens is 6. The number of pyridine rings is 1. The Bertz CT molecular complexity index is 1140. The van der Waals surface area contributed by atoms with E-state index >= 15 is 0 Å². The summed E-state index contributed by atoms with van der Waals surface area (Å²) in [7, 11) is 0. The molecule has 8 nitrogen and oxygen atoms in total. The minimum Gasteiger partial charge on any atom is -0.475 e. The SMILES string of the molecule is Cc1cccc(CN2CCn3c(-c4cccs4)cnc3C2)n1.O=C(O)C(F)(F)F.O=C(O)C(F)(F)F. The first-order valence-corrected chi connectivity index (χ1v) is 10.9. The summed E-state index contributed by atoms with van der Waals surface area (Å²) >= 11 is 1.77. The Morgan fingerprint density at radius 1 is 1.00 bits per heavy atom. The van der Waals surface area contributed by atoms with Crippen LogP contribution in [0.3, 0.4) is 0 Å². The van der Waals surface area contributed by atoms with Crippen molar-refractivity contribution in [1.82, 2.24) is 19.4 Å². The van der Waals surface area contributed by atoms with Crippen LogP contribution in [-0.4, -0.2) is 60.5 Å². The molecule has 0 saturated heterocycles. The van der Waals surface area contributed by atoms with Crippen molar-refractivity contribution >= 4 is 23.3 Å². The first-order chi connectivity index (χ1) is 16.7. The Morgan fingerprint density at radius 3 is 2.11 bits per heavy atom. The number of aromatic nitrogens is 3. The number of aliphatic carboxylic acids is 2. The number of nitrogens with zero attached hydrogens (tertiary/aromatic N) is 4. The molecule has 0 unspecified atom stereocenters.